The Morgan fingerprint density at radius 3 is 2.57 bits per heavy atom. The molecule has 3 heteroatoms. The first-order chi connectivity index (χ1) is 10.2. The molecule has 1 unspecified atom stereocenters. The van der Waals surface area contributed by atoms with Crippen molar-refractivity contribution in [3.8, 4) is 5.75 Å². The molecule has 0 saturated carbocycles. The van der Waals surface area contributed by atoms with E-state index in [4.69, 9.17) is 4.74 Å². The lowest BCUT2D eigenvalue weighted by atomic mass is 9.97. The summed E-state index contributed by atoms with van der Waals surface area (Å²) in [5.74, 6) is 0.660. The summed E-state index contributed by atoms with van der Waals surface area (Å²) in [5.41, 5.74) is 2.85. The molecule has 2 aromatic rings. The summed E-state index contributed by atoms with van der Waals surface area (Å²) >= 11 is 0. The second-order valence-corrected chi connectivity index (χ2v) is 5.17. The van der Waals surface area contributed by atoms with E-state index >= 15 is 0 Å². The van der Waals surface area contributed by atoms with Crippen LogP contribution in [0.4, 0.5) is 4.39 Å². The van der Waals surface area contributed by atoms with Crippen molar-refractivity contribution in [2.45, 2.75) is 26.3 Å². The van der Waals surface area contributed by atoms with Gasteiger partial charge in [-0.05, 0) is 54.8 Å². The highest BCUT2D eigenvalue weighted by molar-refractivity contribution is 5.38. The van der Waals surface area contributed by atoms with Gasteiger partial charge in [-0.25, -0.2) is 4.39 Å². The van der Waals surface area contributed by atoms with E-state index in [1.165, 1.54) is 6.07 Å². The fraction of sp³-hybridized carbons (Fsp3) is 0.333. The molecule has 0 heterocycles. The van der Waals surface area contributed by atoms with Crippen LogP contribution in [0.1, 0.15) is 36.1 Å². The SMILES string of the molecule is CCCNC(c1cccc(OC)c1)c1ccc(F)c(C)c1. The van der Waals surface area contributed by atoms with E-state index in [9.17, 15) is 4.39 Å². The number of nitrogens with one attached hydrogen (secondary N) is 1. The minimum Gasteiger partial charge on any atom is -0.497 e. The Morgan fingerprint density at radius 1 is 1.14 bits per heavy atom. The topological polar surface area (TPSA) is 21.3 Å². The van der Waals surface area contributed by atoms with Crippen LogP contribution in [0.25, 0.3) is 0 Å². The van der Waals surface area contributed by atoms with Gasteiger partial charge in [0.05, 0.1) is 13.2 Å². The van der Waals surface area contributed by atoms with Crippen molar-refractivity contribution in [2.75, 3.05) is 13.7 Å². The first-order valence-corrected chi connectivity index (χ1v) is 7.29. The molecule has 0 saturated heterocycles. The monoisotopic (exact) mass is 287 g/mol. The molecule has 0 radical (unpaired) electrons. The van der Waals surface area contributed by atoms with E-state index in [0.29, 0.717) is 5.56 Å². The van der Waals surface area contributed by atoms with Crippen LogP contribution in [0.3, 0.4) is 0 Å². The predicted octanol–water partition coefficient (Wildman–Crippen LogP) is 4.23. The van der Waals surface area contributed by atoms with Gasteiger partial charge in [0.2, 0.25) is 0 Å². The fourth-order valence-electron chi connectivity index (χ4n) is 2.39. The number of rotatable bonds is 6. The van der Waals surface area contributed by atoms with E-state index in [1.807, 2.05) is 30.3 Å². The van der Waals surface area contributed by atoms with Crippen molar-refractivity contribution in [3.05, 3.63) is 65.0 Å². The van der Waals surface area contributed by atoms with Gasteiger partial charge >= 0.3 is 0 Å². The lowest BCUT2D eigenvalue weighted by Crippen LogP contribution is -2.23. The van der Waals surface area contributed by atoms with Crippen molar-refractivity contribution in [3.63, 3.8) is 0 Å². The Labute approximate surface area is 126 Å². The highest BCUT2D eigenvalue weighted by Gasteiger charge is 2.15. The number of ether oxygens (including phenoxy) is 1. The third-order valence-electron chi connectivity index (χ3n) is 3.54. The van der Waals surface area contributed by atoms with E-state index in [0.717, 1.165) is 29.8 Å². The molecule has 0 aliphatic carbocycles. The summed E-state index contributed by atoms with van der Waals surface area (Å²) < 4.78 is 18.8. The maximum absolute atomic E-state index is 13.5. The third-order valence-corrected chi connectivity index (χ3v) is 3.54. The quantitative estimate of drug-likeness (QED) is 0.858. The summed E-state index contributed by atoms with van der Waals surface area (Å²) in [6, 6.07) is 13.3. The highest BCUT2D eigenvalue weighted by atomic mass is 19.1. The van der Waals surface area contributed by atoms with Gasteiger partial charge in [0.25, 0.3) is 0 Å². The average Bonchev–Trinajstić information content (AvgIpc) is 2.51. The molecule has 1 atom stereocenters. The molecule has 2 nitrogen and oxygen atoms in total. The normalized spacial score (nSPS) is 12.2. The lowest BCUT2D eigenvalue weighted by Gasteiger charge is -2.21. The van der Waals surface area contributed by atoms with Gasteiger partial charge < -0.3 is 10.1 Å². The van der Waals surface area contributed by atoms with Gasteiger partial charge in [-0.1, -0.05) is 31.2 Å². The second-order valence-electron chi connectivity index (χ2n) is 5.17. The maximum atomic E-state index is 13.5. The van der Waals surface area contributed by atoms with Crippen molar-refractivity contribution < 1.29 is 9.13 Å². The molecule has 0 spiro atoms. The summed E-state index contributed by atoms with van der Waals surface area (Å²) in [7, 11) is 1.66. The Bertz CT molecular complexity index is 598. The molecule has 21 heavy (non-hydrogen) atoms. The van der Waals surface area contributed by atoms with Gasteiger partial charge in [-0.3, -0.25) is 0 Å². The number of benzene rings is 2. The molecule has 0 aliphatic rings. The number of methoxy groups -OCH3 is 1. The van der Waals surface area contributed by atoms with Gasteiger partial charge in [0.1, 0.15) is 11.6 Å². The van der Waals surface area contributed by atoms with E-state index in [2.05, 4.69) is 18.3 Å². The zero-order valence-electron chi connectivity index (χ0n) is 12.8. The number of hydrogen-bond donors (Lipinski definition) is 1. The van der Waals surface area contributed by atoms with Gasteiger partial charge in [-0.2, -0.15) is 0 Å². The van der Waals surface area contributed by atoms with Crippen LogP contribution in [-0.2, 0) is 0 Å². The van der Waals surface area contributed by atoms with Gasteiger partial charge in [0.15, 0.2) is 0 Å². The molecule has 2 rings (SSSR count). The number of halogens is 1. The van der Waals surface area contributed by atoms with Crippen LogP contribution >= 0.6 is 0 Å². The standard InChI is InChI=1S/C18H22FNO/c1-4-10-20-18(14-6-5-7-16(12-14)21-3)15-8-9-17(19)13(2)11-15/h5-9,11-12,18,20H,4,10H2,1-3H3. The second kappa shape index (κ2) is 7.23. The molecule has 0 bridgehead atoms. The first-order valence-electron chi connectivity index (χ1n) is 7.29. The molecule has 0 aromatic heterocycles. The van der Waals surface area contributed by atoms with Crippen LogP contribution in [0.15, 0.2) is 42.5 Å². The Hall–Kier alpha value is -1.87. The number of aryl methyl sites for hydroxylation is 1. The fourth-order valence-corrected chi connectivity index (χ4v) is 2.39. The van der Waals surface area contributed by atoms with Crippen molar-refractivity contribution in [2.24, 2.45) is 0 Å². The lowest BCUT2D eigenvalue weighted by molar-refractivity contribution is 0.413. The minimum absolute atomic E-state index is 0.0411. The zero-order chi connectivity index (χ0) is 15.2. The van der Waals surface area contributed by atoms with Gasteiger partial charge in [0, 0.05) is 0 Å². The van der Waals surface area contributed by atoms with Crippen molar-refractivity contribution in [1.82, 2.24) is 5.32 Å². The molecule has 0 fully saturated rings. The Balaban J connectivity index is 2.38. The van der Waals surface area contributed by atoms with Crippen LogP contribution < -0.4 is 10.1 Å². The Kier molecular flexibility index (Phi) is 5.34. The first kappa shape index (κ1) is 15.5. The summed E-state index contributed by atoms with van der Waals surface area (Å²) in [6.07, 6.45) is 1.04. The molecular formula is C18H22FNO. The van der Waals surface area contributed by atoms with Crippen LogP contribution in [-0.4, -0.2) is 13.7 Å². The Morgan fingerprint density at radius 2 is 1.90 bits per heavy atom. The largest absolute Gasteiger partial charge is 0.497 e. The van der Waals surface area contributed by atoms with E-state index in [-0.39, 0.29) is 11.9 Å². The minimum atomic E-state index is -0.168. The van der Waals surface area contributed by atoms with Crippen LogP contribution in [0.5, 0.6) is 5.75 Å². The molecule has 112 valence electrons. The molecule has 0 amide bonds. The highest BCUT2D eigenvalue weighted by Crippen LogP contribution is 2.26. The smallest absolute Gasteiger partial charge is 0.126 e. The van der Waals surface area contributed by atoms with Crippen LogP contribution in [0, 0.1) is 12.7 Å². The third kappa shape index (κ3) is 3.82. The number of hydrogen-bond acceptors (Lipinski definition) is 2. The van der Waals surface area contributed by atoms with Crippen LogP contribution in [0.2, 0.25) is 0 Å². The zero-order valence-corrected chi connectivity index (χ0v) is 12.8. The van der Waals surface area contributed by atoms with Gasteiger partial charge in [-0.15, -0.1) is 0 Å². The van der Waals surface area contributed by atoms with Crippen molar-refractivity contribution in [1.29, 1.82) is 0 Å². The summed E-state index contributed by atoms with van der Waals surface area (Å²) in [6.45, 7) is 4.82. The molecule has 1 N–H and O–H groups in total. The summed E-state index contributed by atoms with van der Waals surface area (Å²) in [4.78, 5) is 0. The van der Waals surface area contributed by atoms with Crippen molar-refractivity contribution >= 4 is 0 Å². The van der Waals surface area contributed by atoms with E-state index < -0.39 is 0 Å². The molecule has 0 aliphatic heterocycles. The molecular weight excluding hydrogens is 265 g/mol. The average molecular weight is 287 g/mol. The molecule has 2 aromatic carbocycles. The predicted molar refractivity (Wildman–Crippen MR) is 84.3 cm³/mol. The maximum Gasteiger partial charge on any atom is 0.126 e. The van der Waals surface area contributed by atoms with E-state index in [1.54, 1.807) is 14.0 Å². The summed E-state index contributed by atoms with van der Waals surface area (Å²) in [5, 5.41) is 3.52.